The van der Waals surface area contributed by atoms with Gasteiger partial charge in [-0.1, -0.05) is 78.9 Å². The van der Waals surface area contributed by atoms with Gasteiger partial charge in [0.1, 0.15) is 0 Å². The molecule has 0 spiro atoms. The Morgan fingerprint density at radius 2 is 1.46 bits per heavy atom. The van der Waals surface area contributed by atoms with E-state index in [1.807, 2.05) is 72.8 Å². The molecule has 0 aliphatic heterocycles. The first-order chi connectivity index (χ1) is 12.8. The lowest BCUT2D eigenvalue weighted by Crippen LogP contribution is -2.00. The normalized spacial score (nSPS) is 12.0. The van der Waals surface area contributed by atoms with E-state index in [9.17, 15) is 0 Å². The predicted octanol–water partition coefficient (Wildman–Crippen LogP) is 5.60. The molecular formula is C22H18ClN3. The van der Waals surface area contributed by atoms with Crippen molar-refractivity contribution in [2.45, 2.75) is 6.54 Å². The Bertz CT molecular complexity index is 932. The number of benzene rings is 3. The summed E-state index contributed by atoms with van der Waals surface area (Å²) in [5.41, 5.74) is 4.12. The van der Waals surface area contributed by atoms with Crippen molar-refractivity contribution < 1.29 is 0 Å². The average Bonchev–Trinajstić information content (AvgIpc) is 2.72. The summed E-state index contributed by atoms with van der Waals surface area (Å²) in [5, 5.41) is 0.154. The molecule has 0 bridgehead atoms. The van der Waals surface area contributed by atoms with Crippen molar-refractivity contribution in [3.8, 4) is 11.1 Å². The van der Waals surface area contributed by atoms with Crippen LogP contribution in [0.15, 0.2) is 99.9 Å². The first-order valence-electron chi connectivity index (χ1n) is 8.21. The third kappa shape index (κ3) is 4.74. The van der Waals surface area contributed by atoms with Gasteiger partial charge in [-0.15, -0.1) is 0 Å². The van der Waals surface area contributed by atoms with Crippen LogP contribution in [-0.2, 0) is 6.54 Å². The zero-order valence-electron chi connectivity index (χ0n) is 14.2. The molecule has 0 aliphatic carbocycles. The Morgan fingerprint density at radius 1 is 0.808 bits per heavy atom. The Balaban J connectivity index is 1.84. The van der Waals surface area contributed by atoms with Gasteiger partial charge in [0.05, 0.1) is 6.54 Å². The SMILES string of the molecule is C=N/C(=N\C(Cl)=N/Cc1ccccc1)c1cccc(-c2ccccc2)c1. The fraction of sp³-hybridized carbons (Fsp3) is 0.0455. The highest BCUT2D eigenvalue weighted by Crippen LogP contribution is 2.20. The maximum absolute atomic E-state index is 6.19. The third-order valence-electron chi connectivity index (χ3n) is 3.81. The summed E-state index contributed by atoms with van der Waals surface area (Å²) in [6.07, 6.45) is 0. The minimum atomic E-state index is 0.154. The van der Waals surface area contributed by atoms with Gasteiger partial charge < -0.3 is 0 Å². The van der Waals surface area contributed by atoms with Crippen molar-refractivity contribution in [3.63, 3.8) is 0 Å². The average molecular weight is 360 g/mol. The number of halogens is 1. The van der Waals surface area contributed by atoms with E-state index < -0.39 is 0 Å². The molecule has 0 aromatic heterocycles. The molecule has 0 unspecified atom stereocenters. The standard InChI is InChI=1S/C22H18ClN3/c1-24-21(26-22(23)25-16-17-9-4-2-5-10-17)20-14-8-13-19(15-20)18-11-6-3-7-12-18/h2-15H,1,16H2/b25-22-,26-21-. The van der Waals surface area contributed by atoms with Crippen LogP contribution in [0.5, 0.6) is 0 Å². The van der Waals surface area contributed by atoms with Crippen LogP contribution >= 0.6 is 11.6 Å². The highest BCUT2D eigenvalue weighted by molar-refractivity contribution is 6.65. The molecule has 128 valence electrons. The highest BCUT2D eigenvalue weighted by atomic mass is 35.5. The van der Waals surface area contributed by atoms with Gasteiger partial charge in [0.25, 0.3) is 0 Å². The maximum atomic E-state index is 6.19. The molecule has 3 rings (SSSR count). The monoisotopic (exact) mass is 359 g/mol. The second-order valence-electron chi connectivity index (χ2n) is 5.61. The second kappa shape index (κ2) is 8.88. The van der Waals surface area contributed by atoms with Crippen molar-refractivity contribution in [3.05, 3.63) is 96.1 Å². The Morgan fingerprint density at radius 3 is 2.15 bits per heavy atom. The minimum Gasteiger partial charge on any atom is -0.251 e. The molecular weight excluding hydrogens is 342 g/mol. The van der Waals surface area contributed by atoms with Gasteiger partial charge >= 0.3 is 0 Å². The quantitative estimate of drug-likeness (QED) is 0.330. The number of hydrogen-bond donors (Lipinski definition) is 0. The fourth-order valence-corrected chi connectivity index (χ4v) is 2.66. The van der Waals surface area contributed by atoms with E-state index in [1.165, 1.54) is 0 Å². The van der Waals surface area contributed by atoms with Gasteiger partial charge in [-0.3, -0.25) is 4.99 Å². The van der Waals surface area contributed by atoms with Crippen LogP contribution in [0.25, 0.3) is 11.1 Å². The van der Waals surface area contributed by atoms with Crippen LogP contribution in [0.2, 0.25) is 0 Å². The fourth-order valence-electron chi connectivity index (χ4n) is 2.52. The van der Waals surface area contributed by atoms with Crippen LogP contribution in [-0.4, -0.2) is 17.8 Å². The van der Waals surface area contributed by atoms with Gasteiger partial charge in [-0.05, 0) is 41.1 Å². The Labute approximate surface area is 158 Å². The number of hydrogen-bond acceptors (Lipinski definition) is 1. The van der Waals surface area contributed by atoms with Crippen molar-refractivity contribution >= 4 is 29.4 Å². The largest absolute Gasteiger partial charge is 0.251 e. The zero-order chi connectivity index (χ0) is 18.2. The lowest BCUT2D eigenvalue weighted by Gasteiger charge is -2.05. The summed E-state index contributed by atoms with van der Waals surface area (Å²) in [7, 11) is 0. The predicted molar refractivity (Wildman–Crippen MR) is 111 cm³/mol. The summed E-state index contributed by atoms with van der Waals surface area (Å²) < 4.78 is 0. The van der Waals surface area contributed by atoms with E-state index in [0.29, 0.717) is 12.4 Å². The van der Waals surface area contributed by atoms with Crippen LogP contribution in [0.4, 0.5) is 0 Å². The number of amidine groups is 2. The topological polar surface area (TPSA) is 37.1 Å². The summed E-state index contributed by atoms with van der Waals surface area (Å²) in [6.45, 7) is 4.09. The summed E-state index contributed by atoms with van der Waals surface area (Å²) in [6, 6.07) is 28.0. The van der Waals surface area contributed by atoms with E-state index in [0.717, 1.165) is 22.3 Å². The molecule has 26 heavy (non-hydrogen) atoms. The van der Waals surface area contributed by atoms with Gasteiger partial charge in [0, 0.05) is 5.56 Å². The van der Waals surface area contributed by atoms with E-state index in [4.69, 9.17) is 11.6 Å². The molecule has 3 aromatic rings. The van der Waals surface area contributed by atoms with Crippen molar-refractivity contribution in [2.24, 2.45) is 15.0 Å². The Hall–Kier alpha value is -3.04. The van der Waals surface area contributed by atoms with E-state index >= 15 is 0 Å². The van der Waals surface area contributed by atoms with E-state index in [2.05, 4.69) is 33.8 Å². The molecule has 0 aliphatic rings. The van der Waals surface area contributed by atoms with E-state index in [1.54, 1.807) is 0 Å². The number of nitrogens with zero attached hydrogens (tertiary/aromatic N) is 3. The lowest BCUT2D eigenvalue weighted by atomic mass is 10.0. The van der Waals surface area contributed by atoms with E-state index in [-0.39, 0.29) is 5.29 Å². The highest BCUT2D eigenvalue weighted by Gasteiger charge is 2.05. The number of rotatable bonds is 4. The molecule has 0 amide bonds. The molecule has 0 saturated heterocycles. The Kier molecular flexibility index (Phi) is 6.07. The zero-order valence-corrected chi connectivity index (χ0v) is 15.0. The minimum absolute atomic E-state index is 0.154. The molecule has 0 fully saturated rings. The summed E-state index contributed by atoms with van der Waals surface area (Å²) >= 11 is 6.19. The van der Waals surface area contributed by atoms with Gasteiger partial charge in [-0.25, -0.2) is 4.99 Å². The maximum Gasteiger partial charge on any atom is 0.220 e. The van der Waals surface area contributed by atoms with Crippen LogP contribution < -0.4 is 0 Å². The van der Waals surface area contributed by atoms with Crippen LogP contribution in [0, 0.1) is 0 Å². The lowest BCUT2D eigenvalue weighted by molar-refractivity contribution is 1.07. The van der Waals surface area contributed by atoms with Crippen molar-refractivity contribution in [1.82, 2.24) is 0 Å². The van der Waals surface area contributed by atoms with Gasteiger partial charge in [-0.2, -0.15) is 4.99 Å². The van der Waals surface area contributed by atoms with Crippen LogP contribution in [0.1, 0.15) is 11.1 Å². The smallest absolute Gasteiger partial charge is 0.220 e. The van der Waals surface area contributed by atoms with Gasteiger partial charge in [0.15, 0.2) is 5.84 Å². The molecule has 0 saturated carbocycles. The molecule has 0 radical (unpaired) electrons. The molecule has 0 N–H and O–H groups in total. The molecule has 0 heterocycles. The van der Waals surface area contributed by atoms with Crippen LogP contribution in [0.3, 0.4) is 0 Å². The van der Waals surface area contributed by atoms with Gasteiger partial charge in [0.2, 0.25) is 5.29 Å². The molecule has 3 aromatic carbocycles. The van der Waals surface area contributed by atoms with Crippen molar-refractivity contribution in [2.75, 3.05) is 0 Å². The first kappa shape index (κ1) is 17.8. The number of aliphatic imine (C=N–C) groups is 3. The molecule has 3 nitrogen and oxygen atoms in total. The first-order valence-corrected chi connectivity index (χ1v) is 8.59. The summed E-state index contributed by atoms with van der Waals surface area (Å²) in [5.74, 6) is 0.449. The summed E-state index contributed by atoms with van der Waals surface area (Å²) in [4.78, 5) is 12.6. The molecule has 4 heteroatoms. The molecule has 0 atom stereocenters. The third-order valence-corrected chi connectivity index (χ3v) is 4.01. The second-order valence-corrected chi connectivity index (χ2v) is 5.95. The van der Waals surface area contributed by atoms with Crippen molar-refractivity contribution in [1.29, 1.82) is 0 Å².